The summed E-state index contributed by atoms with van der Waals surface area (Å²) in [6, 6.07) is 13.1. The number of ether oxygens (including phenoxy) is 3. The summed E-state index contributed by atoms with van der Waals surface area (Å²) in [5, 5.41) is 6.17. The van der Waals surface area contributed by atoms with Crippen LogP contribution in [0.15, 0.2) is 54.7 Å². The van der Waals surface area contributed by atoms with Gasteiger partial charge in [0.05, 0.1) is 59.9 Å². The minimum atomic E-state index is -0.463. The van der Waals surface area contributed by atoms with Gasteiger partial charge in [0.15, 0.2) is 0 Å². The number of nitrogens with zero attached hydrogens (tertiary/aromatic N) is 2. The summed E-state index contributed by atoms with van der Waals surface area (Å²) in [7, 11) is 3.02. The predicted octanol–water partition coefficient (Wildman–Crippen LogP) is 3.63. The normalized spacial score (nSPS) is 16.9. The Morgan fingerprint density at radius 3 is 2.62 bits per heavy atom. The number of nitrogens with one attached hydrogen (secondary N) is 2. The van der Waals surface area contributed by atoms with Crippen LogP contribution >= 0.6 is 11.6 Å². The number of methoxy groups -OCH3 is 2. The fraction of sp³-hybridized carbons (Fsp3) is 0.333. The van der Waals surface area contributed by atoms with Crippen molar-refractivity contribution in [3.63, 3.8) is 0 Å². The van der Waals surface area contributed by atoms with Crippen LogP contribution in [0.1, 0.15) is 34.1 Å². The fourth-order valence-corrected chi connectivity index (χ4v) is 5.00. The highest BCUT2D eigenvalue weighted by atomic mass is 35.5. The number of carbonyl (C=O) groups is 3. The molecule has 2 aromatic carbocycles. The van der Waals surface area contributed by atoms with Gasteiger partial charge in [-0.3, -0.25) is 19.5 Å². The molecule has 1 saturated heterocycles. The molecule has 0 radical (unpaired) electrons. The molecule has 1 aliphatic rings. The maximum atomic E-state index is 13.1. The second-order valence-electron chi connectivity index (χ2n) is 9.70. The average molecular weight is 596 g/mol. The molecule has 0 unspecified atom stereocenters. The first-order valence-electron chi connectivity index (χ1n) is 13.5. The first-order valence-corrected chi connectivity index (χ1v) is 13.8. The number of halogens is 1. The van der Waals surface area contributed by atoms with Crippen molar-refractivity contribution in [3.8, 4) is 17.0 Å². The van der Waals surface area contributed by atoms with Crippen LogP contribution in [0.2, 0.25) is 5.02 Å². The number of piperidine rings is 1. The topological polar surface area (TPSA) is 145 Å². The first-order chi connectivity index (χ1) is 20.2. The van der Waals surface area contributed by atoms with Crippen molar-refractivity contribution in [1.82, 2.24) is 15.2 Å². The summed E-state index contributed by atoms with van der Waals surface area (Å²) in [5.41, 5.74) is 8.45. The zero-order valence-corrected chi connectivity index (χ0v) is 24.4. The number of rotatable bonds is 10. The Kier molecular flexibility index (Phi) is 10.3. The van der Waals surface area contributed by atoms with Crippen LogP contribution in [0.4, 0.5) is 11.4 Å². The van der Waals surface area contributed by atoms with Gasteiger partial charge in [-0.25, -0.2) is 4.79 Å². The van der Waals surface area contributed by atoms with E-state index in [1.807, 2.05) is 11.0 Å². The summed E-state index contributed by atoms with van der Waals surface area (Å²) in [5.74, 6) is -0.736. The standard InChI is InChI=1S/C30H34ClN5O6/c1-4-42-30(39)19-9-8-18(13-20(19)24-7-5-6-11-33-24)34-28(37)17-36-12-10-25(27(16-36)41-3)35-29(38)21-14-22(31)23(32)15-26(21)40-2/h5-9,11,13-15,25,27H,4,10,12,16-17,32H2,1-3H3,(H,34,37)(H,35,38)/t25-,27+/m1/s1. The number of anilines is 2. The Hall–Kier alpha value is -4.19. The number of esters is 1. The van der Waals surface area contributed by atoms with Crippen LogP contribution < -0.4 is 21.1 Å². The minimum absolute atomic E-state index is 0.112. The number of carbonyl (C=O) groups excluding carboxylic acids is 3. The predicted molar refractivity (Wildman–Crippen MR) is 160 cm³/mol. The molecular weight excluding hydrogens is 562 g/mol. The number of hydrogen-bond donors (Lipinski definition) is 3. The Bertz CT molecular complexity index is 1440. The molecule has 2 amide bonds. The summed E-state index contributed by atoms with van der Waals surface area (Å²) < 4.78 is 16.2. The lowest BCUT2D eigenvalue weighted by molar-refractivity contribution is -0.118. The van der Waals surface area contributed by atoms with E-state index < -0.39 is 5.97 Å². The number of hydrogen-bond acceptors (Lipinski definition) is 9. The van der Waals surface area contributed by atoms with E-state index in [2.05, 4.69) is 15.6 Å². The van der Waals surface area contributed by atoms with Gasteiger partial charge in [-0.05, 0) is 49.7 Å². The molecule has 222 valence electrons. The van der Waals surface area contributed by atoms with Crippen molar-refractivity contribution in [1.29, 1.82) is 0 Å². The average Bonchev–Trinajstić information content (AvgIpc) is 2.99. The Morgan fingerprint density at radius 2 is 1.93 bits per heavy atom. The molecule has 4 rings (SSSR count). The molecule has 0 bridgehead atoms. The van der Waals surface area contributed by atoms with E-state index in [0.717, 1.165) is 0 Å². The third kappa shape index (κ3) is 7.35. The number of amides is 2. The van der Waals surface area contributed by atoms with Crippen LogP contribution in [0.25, 0.3) is 11.3 Å². The molecule has 1 aliphatic heterocycles. The monoisotopic (exact) mass is 595 g/mol. The quantitative estimate of drug-likeness (QED) is 0.236. The lowest BCUT2D eigenvalue weighted by Gasteiger charge is -2.37. The zero-order valence-electron chi connectivity index (χ0n) is 23.7. The van der Waals surface area contributed by atoms with E-state index in [1.54, 1.807) is 50.6 Å². The highest BCUT2D eigenvalue weighted by molar-refractivity contribution is 6.33. The lowest BCUT2D eigenvalue weighted by atomic mass is 10.0. The Labute approximate surface area is 249 Å². The SMILES string of the molecule is CCOC(=O)c1ccc(NC(=O)CN2CC[C@@H](NC(=O)c3cc(Cl)c(N)cc3OC)[C@@H](OC)C2)cc1-c1ccccn1. The molecule has 4 N–H and O–H groups in total. The van der Waals surface area contributed by atoms with Crippen LogP contribution in [-0.4, -0.2) is 80.3 Å². The lowest BCUT2D eigenvalue weighted by Crippen LogP contribution is -2.55. The number of likely N-dealkylation sites (tertiary alicyclic amines) is 1. The molecule has 0 aliphatic carbocycles. The van der Waals surface area contributed by atoms with Crippen molar-refractivity contribution in [3.05, 3.63) is 70.9 Å². The van der Waals surface area contributed by atoms with Gasteiger partial charge in [0.2, 0.25) is 5.91 Å². The summed E-state index contributed by atoms with van der Waals surface area (Å²) in [4.78, 5) is 44.9. The van der Waals surface area contributed by atoms with E-state index in [-0.39, 0.29) is 47.7 Å². The first kappa shape index (κ1) is 30.8. The largest absolute Gasteiger partial charge is 0.496 e. The second kappa shape index (κ2) is 14.1. The summed E-state index contributed by atoms with van der Waals surface area (Å²) in [6.07, 6.45) is 1.83. The van der Waals surface area contributed by atoms with Gasteiger partial charge in [0.25, 0.3) is 5.91 Å². The van der Waals surface area contributed by atoms with Crippen molar-refractivity contribution >= 4 is 40.8 Å². The molecular formula is C30H34ClN5O6. The minimum Gasteiger partial charge on any atom is -0.496 e. The Balaban J connectivity index is 1.40. The maximum absolute atomic E-state index is 13.1. The van der Waals surface area contributed by atoms with Gasteiger partial charge >= 0.3 is 5.97 Å². The number of pyridine rings is 1. The molecule has 42 heavy (non-hydrogen) atoms. The van der Waals surface area contributed by atoms with E-state index in [9.17, 15) is 14.4 Å². The van der Waals surface area contributed by atoms with Crippen molar-refractivity contribution in [2.75, 3.05) is 51.5 Å². The fourth-order valence-electron chi connectivity index (χ4n) is 4.84. The van der Waals surface area contributed by atoms with Gasteiger partial charge in [-0.15, -0.1) is 0 Å². The highest BCUT2D eigenvalue weighted by Crippen LogP contribution is 2.29. The number of aromatic nitrogens is 1. The molecule has 0 saturated carbocycles. The van der Waals surface area contributed by atoms with E-state index in [4.69, 9.17) is 31.5 Å². The van der Waals surface area contributed by atoms with Crippen LogP contribution in [0, 0.1) is 0 Å². The number of benzene rings is 2. The van der Waals surface area contributed by atoms with Gasteiger partial charge in [-0.2, -0.15) is 0 Å². The molecule has 2 atom stereocenters. The van der Waals surface area contributed by atoms with Crippen LogP contribution in [-0.2, 0) is 14.3 Å². The second-order valence-corrected chi connectivity index (χ2v) is 10.1. The van der Waals surface area contributed by atoms with Crippen LogP contribution in [0.3, 0.4) is 0 Å². The van der Waals surface area contributed by atoms with Gasteiger partial charge in [0.1, 0.15) is 5.75 Å². The number of nitrogens with two attached hydrogens (primary N) is 1. The molecule has 0 spiro atoms. The van der Waals surface area contributed by atoms with Gasteiger partial charge in [-0.1, -0.05) is 17.7 Å². The van der Waals surface area contributed by atoms with E-state index >= 15 is 0 Å². The number of nitrogen functional groups attached to an aromatic ring is 1. The van der Waals surface area contributed by atoms with Crippen molar-refractivity contribution in [2.24, 2.45) is 0 Å². The zero-order chi connectivity index (χ0) is 30.2. The van der Waals surface area contributed by atoms with Crippen LogP contribution in [0.5, 0.6) is 5.75 Å². The molecule has 3 aromatic rings. The molecule has 1 fully saturated rings. The van der Waals surface area contributed by atoms with Gasteiger partial charge in [0, 0.05) is 43.7 Å². The smallest absolute Gasteiger partial charge is 0.338 e. The summed E-state index contributed by atoms with van der Waals surface area (Å²) in [6.45, 7) is 3.07. The maximum Gasteiger partial charge on any atom is 0.338 e. The molecule has 2 heterocycles. The van der Waals surface area contributed by atoms with E-state index in [0.29, 0.717) is 53.5 Å². The summed E-state index contributed by atoms with van der Waals surface area (Å²) >= 11 is 6.13. The third-order valence-electron chi connectivity index (χ3n) is 6.93. The molecule has 11 nitrogen and oxygen atoms in total. The van der Waals surface area contributed by atoms with Crippen molar-refractivity contribution < 1.29 is 28.6 Å². The third-order valence-corrected chi connectivity index (χ3v) is 7.26. The Morgan fingerprint density at radius 1 is 1.12 bits per heavy atom. The van der Waals surface area contributed by atoms with E-state index in [1.165, 1.54) is 19.2 Å². The van der Waals surface area contributed by atoms with Crippen molar-refractivity contribution in [2.45, 2.75) is 25.5 Å². The highest BCUT2D eigenvalue weighted by Gasteiger charge is 2.32. The van der Waals surface area contributed by atoms with Gasteiger partial charge < -0.3 is 30.6 Å². The molecule has 12 heteroatoms. The molecule has 1 aromatic heterocycles.